The molecule has 0 unspecified atom stereocenters. The van der Waals surface area contributed by atoms with Gasteiger partial charge in [0.1, 0.15) is 5.82 Å². The van der Waals surface area contributed by atoms with E-state index in [0.717, 1.165) is 0 Å². The predicted octanol–water partition coefficient (Wildman–Crippen LogP) is 1.91. The van der Waals surface area contributed by atoms with Gasteiger partial charge in [-0.1, -0.05) is 12.1 Å². The van der Waals surface area contributed by atoms with Gasteiger partial charge in [-0.3, -0.25) is 14.4 Å². The van der Waals surface area contributed by atoms with E-state index in [1.54, 1.807) is 6.07 Å². The zero-order valence-corrected chi connectivity index (χ0v) is 11.8. The van der Waals surface area contributed by atoms with E-state index in [1.807, 2.05) is 0 Å². The number of halogens is 1. The monoisotopic (exact) mass is 302 g/mol. The maximum Gasteiger partial charge on any atom is 0.232 e. The minimum Gasteiger partial charge on any atom is -0.329 e. The van der Waals surface area contributed by atoms with Crippen molar-refractivity contribution in [2.45, 2.75) is 25.7 Å². The molecule has 114 valence electrons. The molecule has 3 rings (SSSR count). The van der Waals surface area contributed by atoms with Gasteiger partial charge in [0.2, 0.25) is 11.8 Å². The molecule has 0 radical (unpaired) electrons. The first-order chi connectivity index (χ1) is 10.6. The van der Waals surface area contributed by atoms with Gasteiger partial charge in [0.05, 0.1) is 11.6 Å². The van der Waals surface area contributed by atoms with E-state index >= 15 is 0 Å². The first-order valence-electron chi connectivity index (χ1n) is 7.17. The van der Waals surface area contributed by atoms with Crippen molar-refractivity contribution >= 4 is 23.3 Å². The highest BCUT2D eigenvalue weighted by molar-refractivity contribution is 6.09. The van der Waals surface area contributed by atoms with Crippen molar-refractivity contribution in [2.75, 3.05) is 5.32 Å². The third kappa shape index (κ3) is 2.64. The lowest BCUT2D eigenvalue weighted by Crippen LogP contribution is -2.41. The van der Waals surface area contributed by atoms with Gasteiger partial charge < -0.3 is 10.6 Å². The minimum absolute atomic E-state index is 0.0453. The van der Waals surface area contributed by atoms with Crippen LogP contribution in [0, 0.1) is 11.7 Å². The van der Waals surface area contributed by atoms with Gasteiger partial charge in [-0.25, -0.2) is 4.39 Å². The Kier molecular flexibility index (Phi) is 3.75. The fourth-order valence-corrected chi connectivity index (χ4v) is 2.91. The molecule has 2 N–H and O–H groups in total. The number of allylic oxidation sites excluding steroid dienone is 1. The standard InChI is InChI=1S/C16H15FN2O3/c17-10-4-1-2-5-11(10)19-16(22)9-8-14(21)18-12-6-3-7-13(20)15(9)12/h1-2,4-5,9H,3,6-8H2,(H,18,21)(H,19,22)/t9-/m1/s1. The number of hydrogen-bond donors (Lipinski definition) is 2. The van der Waals surface area contributed by atoms with Crippen LogP contribution in [0.4, 0.5) is 10.1 Å². The van der Waals surface area contributed by atoms with Crippen LogP contribution in [0.15, 0.2) is 35.5 Å². The van der Waals surface area contributed by atoms with Crippen LogP contribution in [0.2, 0.25) is 0 Å². The Morgan fingerprint density at radius 1 is 1.23 bits per heavy atom. The van der Waals surface area contributed by atoms with E-state index in [1.165, 1.54) is 18.2 Å². The summed E-state index contributed by atoms with van der Waals surface area (Å²) in [5.41, 5.74) is 0.963. The van der Waals surface area contributed by atoms with Crippen molar-refractivity contribution in [2.24, 2.45) is 5.92 Å². The predicted molar refractivity (Wildman–Crippen MR) is 77.2 cm³/mol. The topological polar surface area (TPSA) is 75.3 Å². The molecule has 0 saturated heterocycles. The van der Waals surface area contributed by atoms with E-state index in [-0.39, 0.29) is 23.8 Å². The van der Waals surface area contributed by atoms with Crippen LogP contribution < -0.4 is 10.6 Å². The molecule has 1 heterocycles. The molecule has 0 saturated carbocycles. The number of para-hydroxylation sites is 1. The normalized spacial score (nSPS) is 21.2. The highest BCUT2D eigenvalue weighted by atomic mass is 19.1. The fraction of sp³-hybridized carbons (Fsp3) is 0.312. The molecular weight excluding hydrogens is 287 g/mol. The van der Waals surface area contributed by atoms with Crippen LogP contribution in [-0.4, -0.2) is 17.6 Å². The SMILES string of the molecule is O=C1C[C@@H](C(=O)Nc2ccccc2F)C2=C(CCCC2=O)N1. The largest absolute Gasteiger partial charge is 0.329 e. The zero-order valence-electron chi connectivity index (χ0n) is 11.8. The Morgan fingerprint density at radius 2 is 2.00 bits per heavy atom. The number of Topliss-reactive ketones (excluding diaryl/α,β-unsaturated/α-hetero) is 1. The fourth-order valence-electron chi connectivity index (χ4n) is 2.91. The Labute approximate surface area is 126 Å². The number of ketones is 1. The summed E-state index contributed by atoms with van der Waals surface area (Å²) in [7, 11) is 0. The van der Waals surface area contributed by atoms with Gasteiger partial charge in [-0.2, -0.15) is 0 Å². The number of anilines is 1. The van der Waals surface area contributed by atoms with Crippen molar-refractivity contribution in [3.05, 3.63) is 41.4 Å². The molecule has 0 aromatic heterocycles. The molecule has 1 atom stereocenters. The molecule has 0 bridgehead atoms. The summed E-state index contributed by atoms with van der Waals surface area (Å²) in [6.07, 6.45) is 1.53. The van der Waals surface area contributed by atoms with Crippen LogP contribution in [0.3, 0.4) is 0 Å². The molecule has 2 amide bonds. The number of benzene rings is 1. The molecule has 5 nitrogen and oxygen atoms in total. The molecule has 1 aliphatic heterocycles. The maximum atomic E-state index is 13.6. The molecule has 1 aliphatic carbocycles. The number of amides is 2. The highest BCUT2D eigenvalue weighted by Gasteiger charge is 2.38. The smallest absolute Gasteiger partial charge is 0.232 e. The average Bonchev–Trinajstić information content (AvgIpc) is 2.48. The molecule has 0 fully saturated rings. The van der Waals surface area contributed by atoms with Crippen LogP contribution in [-0.2, 0) is 14.4 Å². The number of carbonyl (C=O) groups is 3. The van der Waals surface area contributed by atoms with E-state index in [4.69, 9.17) is 0 Å². The second-order valence-corrected chi connectivity index (χ2v) is 5.44. The first kappa shape index (κ1) is 14.4. The average molecular weight is 302 g/mol. The van der Waals surface area contributed by atoms with E-state index in [0.29, 0.717) is 30.5 Å². The summed E-state index contributed by atoms with van der Waals surface area (Å²) in [6, 6.07) is 5.79. The first-order valence-corrected chi connectivity index (χ1v) is 7.17. The molecule has 22 heavy (non-hydrogen) atoms. The van der Waals surface area contributed by atoms with E-state index < -0.39 is 17.6 Å². The lowest BCUT2D eigenvalue weighted by atomic mass is 9.81. The summed E-state index contributed by atoms with van der Waals surface area (Å²) in [4.78, 5) is 36.3. The van der Waals surface area contributed by atoms with Gasteiger partial charge in [0.25, 0.3) is 0 Å². The molecule has 1 aromatic carbocycles. The van der Waals surface area contributed by atoms with Gasteiger partial charge in [-0.15, -0.1) is 0 Å². The Balaban J connectivity index is 1.89. The third-order valence-corrected chi connectivity index (χ3v) is 3.93. The maximum absolute atomic E-state index is 13.6. The third-order valence-electron chi connectivity index (χ3n) is 3.93. The van der Waals surface area contributed by atoms with Crippen LogP contribution in [0.25, 0.3) is 0 Å². The summed E-state index contributed by atoms with van der Waals surface area (Å²) in [5.74, 6) is -2.34. The Morgan fingerprint density at radius 3 is 2.77 bits per heavy atom. The van der Waals surface area contributed by atoms with Crippen molar-refractivity contribution in [3.8, 4) is 0 Å². The van der Waals surface area contributed by atoms with Gasteiger partial charge >= 0.3 is 0 Å². The van der Waals surface area contributed by atoms with Crippen LogP contribution in [0.5, 0.6) is 0 Å². The second kappa shape index (κ2) is 5.71. The Hall–Kier alpha value is -2.50. The van der Waals surface area contributed by atoms with Crippen molar-refractivity contribution < 1.29 is 18.8 Å². The van der Waals surface area contributed by atoms with Crippen LogP contribution in [0.1, 0.15) is 25.7 Å². The molecule has 1 aromatic rings. The summed E-state index contributed by atoms with van der Waals surface area (Å²) in [6.45, 7) is 0. The molecule has 6 heteroatoms. The highest BCUT2D eigenvalue weighted by Crippen LogP contribution is 2.32. The lowest BCUT2D eigenvalue weighted by molar-refractivity contribution is -0.128. The molecule has 0 spiro atoms. The van der Waals surface area contributed by atoms with Crippen molar-refractivity contribution in [3.63, 3.8) is 0 Å². The summed E-state index contributed by atoms with van der Waals surface area (Å²) >= 11 is 0. The number of carbonyl (C=O) groups excluding carboxylic acids is 3. The van der Waals surface area contributed by atoms with E-state index in [2.05, 4.69) is 10.6 Å². The van der Waals surface area contributed by atoms with Gasteiger partial charge in [0.15, 0.2) is 5.78 Å². The van der Waals surface area contributed by atoms with Crippen molar-refractivity contribution in [1.82, 2.24) is 5.32 Å². The zero-order chi connectivity index (χ0) is 15.7. The summed E-state index contributed by atoms with van der Waals surface area (Å²) in [5, 5.41) is 5.15. The molecular formula is C16H15FN2O3. The van der Waals surface area contributed by atoms with Crippen LogP contribution >= 0.6 is 0 Å². The Bertz CT molecular complexity index is 696. The lowest BCUT2D eigenvalue weighted by Gasteiger charge is -2.30. The van der Waals surface area contributed by atoms with Gasteiger partial charge in [0, 0.05) is 24.1 Å². The van der Waals surface area contributed by atoms with Gasteiger partial charge in [-0.05, 0) is 25.0 Å². The molecule has 2 aliphatic rings. The number of hydrogen-bond acceptors (Lipinski definition) is 3. The van der Waals surface area contributed by atoms with Crippen molar-refractivity contribution in [1.29, 1.82) is 0 Å². The second-order valence-electron chi connectivity index (χ2n) is 5.44. The number of rotatable bonds is 2. The number of nitrogens with one attached hydrogen (secondary N) is 2. The minimum atomic E-state index is -0.851. The summed E-state index contributed by atoms with van der Waals surface area (Å²) < 4.78 is 13.6. The quantitative estimate of drug-likeness (QED) is 0.876. The van der Waals surface area contributed by atoms with E-state index in [9.17, 15) is 18.8 Å².